The van der Waals surface area contributed by atoms with Gasteiger partial charge in [0.15, 0.2) is 0 Å². The summed E-state index contributed by atoms with van der Waals surface area (Å²) in [5.41, 5.74) is -0.372. The van der Waals surface area contributed by atoms with Crippen molar-refractivity contribution in [1.82, 2.24) is 4.90 Å². The highest BCUT2D eigenvalue weighted by Gasteiger charge is 2.31. The third kappa shape index (κ3) is 4.23. The number of benzene rings is 1. The minimum absolute atomic E-state index is 0.219. The van der Waals surface area contributed by atoms with E-state index in [1.165, 1.54) is 6.07 Å². The second-order valence-corrected chi connectivity index (χ2v) is 4.46. The van der Waals surface area contributed by atoms with E-state index in [-0.39, 0.29) is 6.42 Å². The van der Waals surface area contributed by atoms with Gasteiger partial charge in [0.1, 0.15) is 0 Å². The van der Waals surface area contributed by atoms with Crippen LogP contribution in [-0.2, 0) is 11.0 Å². The van der Waals surface area contributed by atoms with Crippen LogP contribution in [-0.4, -0.2) is 29.1 Å². The van der Waals surface area contributed by atoms with E-state index in [2.05, 4.69) is 0 Å². The van der Waals surface area contributed by atoms with E-state index in [9.17, 15) is 18.0 Å². The molecular formula is C14H18F3NO2. The monoisotopic (exact) mass is 289 g/mol. The maximum Gasteiger partial charge on any atom is 0.416 e. The zero-order valence-corrected chi connectivity index (χ0v) is 11.4. The number of carboxylic acid groups (broad SMARTS) is 1. The molecule has 6 heteroatoms. The van der Waals surface area contributed by atoms with Gasteiger partial charge in [0, 0.05) is 6.04 Å². The summed E-state index contributed by atoms with van der Waals surface area (Å²) in [7, 11) is 0. The van der Waals surface area contributed by atoms with Crippen LogP contribution in [0, 0.1) is 0 Å². The molecule has 1 rings (SSSR count). The Morgan fingerprint density at radius 3 is 2.35 bits per heavy atom. The smallest absolute Gasteiger partial charge is 0.416 e. The average Bonchev–Trinajstić information content (AvgIpc) is 2.37. The molecule has 0 aliphatic carbocycles. The first-order valence-electron chi connectivity index (χ1n) is 6.42. The molecule has 112 valence electrons. The SMILES string of the molecule is CCN(CC)C(CC(=O)O)c1cccc(C(F)(F)F)c1. The Labute approximate surface area is 116 Å². The number of carbonyl (C=O) groups is 1. The minimum Gasteiger partial charge on any atom is -0.481 e. The number of aliphatic carboxylic acids is 1. The molecule has 0 aliphatic heterocycles. The van der Waals surface area contributed by atoms with Crippen molar-refractivity contribution in [2.45, 2.75) is 32.5 Å². The molecular weight excluding hydrogens is 271 g/mol. The van der Waals surface area contributed by atoms with Crippen LogP contribution in [0.2, 0.25) is 0 Å². The molecule has 1 N–H and O–H groups in total. The largest absolute Gasteiger partial charge is 0.481 e. The van der Waals surface area contributed by atoms with E-state index >= 15 is 0 Å². The Hall–Kier alpha value is -1.56. The molecule has 20 heavy (non-hydrogen) atoms. The molecule has 1 aromatic rings. The second kappa shape index (κ2) is 6.74. The molecule has 0 aliphatic rings. The lowest BCUT2D eigenvalue weighted by atomic mass is 9.99. The number of halogens is 3. The van der Waals surface area contributed by atoms with Gasteiger partial charge in [-0.15, -0.1) is 0 Å². The lowest BCUT2D eigenvalue weighted by Crippen LogP contribution is -2.30. The van der Waals surface area contributed by atoms with Crippen molar-refractivity contribution in [1.29, 1.82) is 0 Å². The summed E-state index contributed by atoms with van der Waals surface area (Å²) in [5, 5.41) is 8.97. The van der Waals surface area contributed by atoms with Crippen molar-refractivity contribution >= 4 is 5.97 Å². The summed E-state index contributed by atoms with van der Waals surface area (Å²) < 4.78 is 38.2. The van der Waals surface area contributed by atoms with E-state index in [1.807, 2.05) is 18.7 Å². The Balaban J connectivity index is 3.16. The van der Waals surface area contributed by atoms with Crippen LogP contribution in [0.5, 0.6) is 0 Å². The first-order valence-corrected chi connectivity index (χ1v) is 6.42. The summed E-state index contributed by atoms with van der Waals surface area (Å²) >= 11 is 0. The van der Waals surface area contributed by atoms with Gasteiger partial charge in [-0.05, 0) is 30.8 Å². The molecule has 0 saturated heterocycles. The summed E-state index contributed by atoms with van der Waals surface area (Å²) in [4.78, 5) is 12.8. The fraction of sp³-hybridized carbons (Fsp3) is 0.500. The van der Waals surface area contributed by atoms with Gasteiger partial charge in [0.05, 0.1) is 12.0 Å². The molecule has 0 saturated carbocycles. The van der Waals surface area contributed by atoms with Crippen molar-refractivity contribution in [3.8, 4) is 0 Å². The average molecular weight is 289 g/mol. The van der Waals surface area contributed by atoms with Gasteiger partial charge in [-0.1, -0.05) is 26.0 Å². The Kier molecular flexibility index (Phi) is 5.56. The summed E-state index contributed by atoms with van der Waals surface area (Å²) in [5.74, 6) is -1.03. The quantitative estimate of drug-likeness (QED) is 0.870. The topological polar surface area (TPSA) is 40.5 Å². The number of rotatable bonds is 6. The first-order chi connectivity index (χ1) is 9.29. The maximum atomic E-state index is 12.7. The molecule has 0 bridgehead atoms. The van der Waals surface area contributed by atoms with Crippen LogP contribution in [0.15, 0.2) is 24.3 Å². The van der Waals surface area contributed by atoms with E-state index in [0.29, 0.717) is 18.7 Å². The van der Waals surface area contributed by atoms with Crippen LogP contribution in [0.1, 0.15) is 37.4 Å². The highest BCUT2D eigenvalue weighted by atomic mass is 19.4. The van der Waals surface area contributed by atoms with Crippen LogP contribution in [0.4, 0.5) is 13.2 Å². The summed E-state index contributed by atoms with van der Waals surface area (Å²) in [6.07, 6.45) is -4.64. The second-order valence-electron chi connectivity index (χ2n) is 4.46. The van der Waals surface area contributed by atoms with E-state index in [4.69, 9.17) is 5.11 Å². The number of nitrogens with zero attached hydrogens (tertiary/aromatic N) is 1. The molecule has 0 aromatic heterocycles. The van der Waals surface area contributed by atoms with E-state index < -0.39 is 23.8 Å². The zero-order valence-electron chi connectivity index (χ0n) is 11.4. The van der Waals surface area contributed by atoms with Gasteiger partial charge < -0.3 is 5.11 Å². The molecule has 0 radical (unpaired) electrons. The highest BCUT2D eigenvalue weighted by Crippen LogP contribution is 2.32. The summed E-state index contributed by atoms with van der Waals surface area (Å²) in [6, 6.07) is 4.33. The van der Waals surface area contributed by atoms with Crippen LogP contribution in [0.25, 0.3) is 0 Å². The Bertz CT molecular complexity index is 456. The molecule has 1 atom stereocenters. The Morgan fingerprint density at radius 1 is 1.30 bits per heavy atom. The normalized spacial score (nSPS) is 13.5. The number of hydrogen-bond acceptors (Lipinski definition) is 2. The van der Waals surface area contributed by atoms with Gasteiger partial charge in [0.2, 0.25) is 0 Å². The van der Waals surface area contributed by atoms with Crippen molar-refractivity contribution < 1.29 is 23.1 Å². The van der Waals surface area contributed by atoms with E-state index in [0.717, 1.165) is 12.1 Å². The van der Waals surface area contributed by atoms with Crippen LogP contribution >= 0.6 is 0 Å². The zero-order chi connectivity index (χ0) is 15.3. The third-order valence-corrected chi connectivity index (χ3v) is 3.22. The predicted octanol–water partition coefficient (Wildman–Crippen LogP) is 3.56. The van der Waals surface area contributed by atoms with Crippen molar-refractivity contribution in [2.75, 3.05) is 13.1 Å². The van der Waals surface area contributed by atoms with Gasteiger partial charge in [-0.25, -0.2) is 0 Å². The standard InChI is InChI=1S/C14H18F3NO2/c1-3-18(4-2)12(9-13(19)20)10-6-5-7-11(8-10)14(15,16)17/h5-8,12H,3-4,9H2,1-2H3,(H,19,20). The fourth-order valence-corrected chi connectivity index (χ4v) is 2.21. The van der Waals surface area contributed by atoms with Crippen molar-refractivity contribution in [3.63, 3.8) is 0 Å². The summed E-state index contributed by atoms with van der Waals surface area (Å²) in [6.45, 7) is 4.85. The van der Waals surface area contributed by atoms with Gasteiger partial charge >= 0.3 is 12.1 Å². The molecule has 1 aromatic carbocycles. The number of carboxylic acids is 1. The fourth-order valence-electron chi connectivity index (χ4n) is 2.21. The van der Waals surface area contributed by atoms with Gasteiger partial charge in [-0.2, -0.15) is 13.2 Å². The van der Waals surface area contributed by atoms with E-state index in [1.54, 1.807) is 6.07 Å². The van der Waals surface area contributed by atoms with Gasteiger partial charge in [-0.3, -0.25) is 9.69 Å². The highest BCUT2D eigenvalue weighted by molar-refractivity contribution is 5.68. The lowest BCUT2D eigenvalue weighted by Gasteiger charge is -2.29. The van der Waals surface area contributed by atoms with Crippen LogP contribution in [0.3, 0.4) is 0 Å². The van der Waals surface area contributed by atoms with Crippen molar-refractivity contribution in [2.24, 2.45) is 0 Å². The molecule has 3 nitrogen and oxygen atoms in total. The van der Waals surface area contributed by atoms with Gasteiger partial charge in [0.25, 0.3) is 0 Å². The Morgan fingerprint density at radius 2 is 1.90 bits per heavy atom. The molecule has 0 fully saturated rings. The molecule has 0 amide bonds. The minimum atomic E-state index is -4.42. The molecule has 1 unspecified atom stereocenters. The predicted molar refractivity (Wildman–Crippen MR) is 69.4 cm³/mol. The van der Waals surface area contributed by atoms with Crippen LogP contribution < -0.4 is 0 Å². The molecule has 0 heterocycles. The number of alkyl halides is 3. The third-order valence-electron chi connectivity index (χ3n) is 3.22. The first kappa shape index (κ1) is 16.5. The lowest BCUT2D eigenvalue weighted by molar-refractivity contribution is -0.138. The van der Waals surface area contributed by atoms with Crippen molar-refractivity contribution in [3.05, 3.63) is 35.4 Å². The maximum absolute atomic E-state index is 12.7. The number of hydrogen-bond donors (Lipinski definition) is 1. The molecule has 0 spiro atoms.